The van der Waals surface area contributed by atoms with E-state index in [1.807, 2.05) is 20.8 Å². The van der Waals surface area contributed by atoms with Crippen LogP contribution in [0, 0.1) is 0 Å². The summed E-state index contributed by atoms with van der Waals surface area (Å²) in [5.41, 5.74) is 4.73. The van der Waals surface area contributed by atoms with Crippen molar-refractivity contribution in [2.75, 3.05) is 0 Å². The molecule has 0 heterocycles. The van der Waals surface area contributed by atoms with Crippen molar-refractivity contribution >= 4 is 0 Å². The number of alkyl halides is 3. The smallest absolute Gasteiger partial charge is 0.407 e. The van der Waals surface area contributed by atoms with E-state index in [1.165, 1.54) is 24.3 Å². The van der Waals surface area contributed by atoms with Crippen LogP contribution in [0.3, 0.4) is 0 Å². The van der Waals surface area contributed by atoms with Gasteiger partial charge in [-0.05, 0) is 38.5 Å². The molecular weight excluding hydrogens is 231 g/mol. The third-order valence-corrected chi connectivity index (χ3v) is 2.02. The molecule has 96 valence electrons. The van der Waals surface area contributed by atoms with Gasteiger partial charge >= 0.3 is 6.18 Å². The summed E-state index contributed by atoms with van der Waals surface area (Å²) in [6.07, 6.45) is -4.42. The quantitative estimate of drug-likeness (QED) is 0.869. The molecule has 1 atom stereocenters. The van der Waals surface area contributed by atoms with E-state index in [9.17, 15) is 13.2 Å². The van der Waals surface area contributed by atoms with Gasteiger partial charge in [0.2, 0.25) is 0 Å². The number of benzene rings is 1. The molecule has 0 fully saturated rings. The zero-order valence-electron chi connectivity index (χ0n) is 10.0. The highest BCUT2D eigenvalue weighted by atomic mass is 19.4. The zero-order chi connectivity index (χ0) is 13.3. The fourth-order valence-corrected chi connectivity index (χ4v) is 1.29. The minimum absolute atomic E-state index is 0.0266. The van der Waals surface area contributed by atoms with Crippen molar-refractivity contribution in [2.24, 2.45) is 5.73 Å². The number of nitrogens with two attached hydrogens (primary N) is 1. The van der Waals surface area contributed by atoms with Gasteiger partial charge in [-0.2, -0.15) is 13.2 Å². The zero-order valence-corrected chi connectivity index (χ0v) is 10.0. The third kappa shape index (κ3) is 4.26. The summed E-state index contributed by atoms with van der Waals surface area (Å²) in [5, 5.41) is 0. The van der Waals surface area contributed by atoms with E-state index in [0.29, 0.717) is 5.75 Å². The van der Waals surface area contributed by atoms with E-state index in [2.05, 4.69) is 0 Å². The van der Waals surface area contributed by atoms with Gasteiger partial charge in [-0.25, -0.2) is 0 Å². The predicted octanol–water partition coefficient (Wildman–Crippen LogP) is 3.43. The molecule has 0 radical (unpaired) electrons. The van der Waals surface area contributed by atoms with Crippen LogP contribution in [0.15, 0.2) is 24.3 Å². The van der Waals surface area contributed by atoms with Crippen molar-refractivity contribution in [3.05, 3.63) is 29.8 Å². The van der Waals surface area contributed by atoms with Gasteiger partial charge in [0.25, 0.3) is 0 Å². The Balaban J connectivity index is 2.82. The lowest BCUT2D eigenvalue weighted by Gasteiger charge is -2.22. The first-order valence-corrected chi connectivity index (χ1v) is 5.21. The van der Waals surface area contributed by atoms with Crippen LogP contribution >= 0.6 is 0 Å². The Kier molecular flexibility index (Phi) is 3.71. The van der Waals surface area contributed by atoms with Gasteiger partial charge in [0.1, 0.15) is 17.4 Å². The number of halogens is 3. The highest BCUT2D eigenvalue weighted by Gasteiger charge is 2.37. The van der Waals surface area contributed by atoms with Crippen LogP contribution in [-0.4, -0.2) is 11.8 Å². The minimum Gasteiger partial charge on any atom is -0.488 e. The van der Waals surface area contributed by atoms with Crippen LogP contribution in [0.25, 0.3) is 0 Å². The molecule has 1 aromatic rings. The maximum atomic E-state index is 12.4. The second-order valence-electron chi connectivity index (χ2n) is 4.80. The van der Waals surface area contributed by atoms with Crippen LogP contribution in [0.5, 0.6) is 5.75 Å². The van der Waals surface area contributed by atoms with Gasteiger partial charge in [-0.15, -0.1) is 0 Å². The normalized spacial score (nSPS) is 14.5. The molecule has 0 amide bonds. The maximum Gasteiger partial charge on any atom is 0.407 e. The average Bonchev–Trinajstić information content (AvgIpc) is 2.14. The Morgan fingerprint density at radius 1 is 1.06 bits per heavy atom. The molecule has 17 heavy (non-hydrogen) atoms. The largest absolute Gasteiger partial charge is 0.488 e. The molecule has 1 unspecified atom stereocenters. The lowest BCUT2D eigenvalue weighted by Crippen LogP contribution is -2.28. The molecule has 1 aromatic carbocycles. The molecule has 2 N–H and O–H groups in total. The topological polar surface area (TPSA) is 35.2 Å². The predicted molar refractivity (Wildman–Crippen MR) is 59.8 cm³/mol. The highest BCUT2D eigenvalue weighted by molar-refractivity contribution is 5.30. The minimum atomic E-state index is -4.42. The molecule has 0 aliphatic heterocycles. The number of hydrogen-bond acceptors (Lipinski definition) is 2. The van der Waals surface area contributed by atoms with Crippen LogP contribution < -0.4 is 10.5 Å². The lowest BCUT2D eigenvalue weighted by molar-refractivity contribution is -0.149. The average molecular weight is 247 g/mol. The Hall–Kier alpha value is -1.23. The van der Waals surface area contributed by atoms with Crippen molar-refractivity contribution in [3.8, 4) is 5.75 Å². The van der Waals surface area contributed by atoms with E-state index in [4.69, 9.17) is 10.5 Å². The number of hydrogen-bond donors (Lipinski definition) is 1. The Morgan fingerprint density at radius 2 is 1.53 bits per heavy atom. The van der Waals surface area contributed by atoms with E-state index in [0.717, 1.165) is 0 Å². The SMILES string of the molecule is CC(C)(C)Oc1ccc(C(N)C(F)(F)F)cc1. The molecule has 0 saturated carbocycles. The van der Waals surface area contributed by atoms with Crippen LogP contribution in [-0.2, 0) is 0 Å². The summed E-state index contributed by atoms with van der Waals surface area (Å²) in [4.78, 5) is 0. The lowest BCUT2D eigenvalue weighted by atomic mass is 10.1. The van der Waals surface area contributed by atoms with Gasteiger partial charge in [0, 0.05) is 0 Å². The first kappa shape index (κ1) is 13.8. The van der Waals surface area contributed by atoms with E-state index < -0.39 is 12.2 Å². The van der Waals surface area contributed by atoms with E-state index >= 15 is 0 Å². The van der Waals surface area contributed by atoms with Crippen LogP contribution in [0.2, 0.25) is 0 Å². The van der Waals surface area contributed by atoms with Crippen molar-refractivity contribution in [3.63, 3.8) is 0 Å². The summed E-state index contributed by atoms with van der Waals surface area (Å²) in [5.74, 6) is 0.524. The molecule has 0 bridgehead atoms. The van der Waals surface area contributed by atoms with Crippen molar-refractivity contribution < 1.29 is 17.9 Å². The standard InChI is InChI=1S/C12H16F3NO/c1-11(2,3)17-9-6-4-8(5-7-9)10(16)12(13,14)15/h4-7,10H,16H2,1-3H3. The van der Waals surface area contributed by atoms with Crippen molar-refractivity contribution in [1.29, 1.82) is 0 Å². The Morgan fingerprint density at radius 3 is 1.88 bits per heavy atom. The molecule has 1 rings (SSSR count). The van der Waals surface area contributed by atoms with Gasteiger partial charge in [-0.3, -0.25) is 0 Å². The fraction of sp³-hybridized carbons (Fsp3) is 0.500. The molecule has 0 saturated heterocycles. The van der Waals surface area contributed by atoms with Gasteiger partial charge in [0.05, 0.1) is 0 Å². The van der Waals surface area contributed by atoms with Crippen molar-refractivity contribution in [1.82, 2.24) is 0 Å². The first-order chi connectivity index (χ1) is 7.59. The van der Waals surface area contributed by atoms with Gasteiger partial charge in [0.15, 0.2) is 0 Å². The summed E-state index contributed by atoms with van der Waals surface area (Å²) >= 11 is 0. The maximum absolute atomic E-state index is 12.4. The molecule has 0 aliphatic rings. The molecule has 2 nitrogen and oxygen atoms in total. The van der Waals surface area contributed by atoms with Crippen LogP contribution in [0.1, 0.15) is 32.4 Å². The molecular formula is C12H16F3NO. The van der Waals surface area contributed by atoms with E-state index in [-0.39, 0.29) is 11.2 Å². The molecule has 5 heteroatoms. The Bertz CT molecular complexity index is 365. The van der Waals surface area contributed by atoms with Gasteiger partial charge < -0.3 is 10.5 Å². The highest BCUT2D eigenvalue weighted by Crippen LogP contribution is 2.31. The third-order valence-electron chi connectivity index (χ3n) is 2.02. The summed E-state index contributed by atoms with van der Waals surface area (Å²) in [6, 6.07) is 3.70. The molecule has 0 aromatic heterocycles. The van der Waals surface area contributed by atoms with Crippen LogP contribution in [0.4, 0.5) is 13.2 Å². The summed E-state index contributed by atoms with van der Waals surface area (Å²) < 4.78 is 42.6. The summed E-state index contributed by atoms with van der Waals surface area (Å²) in [6.45, 7) is 5.59. The molecule has 0 aliphatic carbocycles. The first-order valence-electron chi connectivity index (χ1n) is 5.21. The second-order valence-corrected chi connectivity index (χ2v) is 4.80. The second kappa shape index (κ2) is 4.56. The fourth-order valence-electron chi connectivity index (χ4n) is 1.29. The van der Waals surface area contributed by atoms with Gasteiger partial charge in [-0.1, -0.05) is 12.1 Å². The van der Waals surface area contributed by atoms with E-state index in [1.54, 1.807) is 0 Å². The number of ether oxygens (including phenoxy) is 1. The molecule has 0 spiro atoms. The monoisotopic (exact) mass is 247 g/mol. The summed E-state index contributed by atoms with van der Waals surface area (Å²) in [7, 11) is 0. The van der Waals surface area contributed by atoms with Crippen molar-refractivity contribution in [2.45, 2.75) is 38.6 Å². The number of rotatable bonds is 2. The Labute approximate surface area is 98.6 Å².